The van der Waals surface area contributed by atoms with Crippen LogP contribution in [0.2, 0.25) is 0 Å². The van der Waals surface area contributed by atoms with Crippen LogP contribution < -0.4 is 5.32 Å². The largest absolute Gasteiger partial charge is 0.307 e. The fourth-order valence-electron chi connectivity index (χ4n) is 3.05. The van der Waals surface area contributed by atoms with E-state index in [1.165, 1.54) is 57.8 Å². The van der Waals surface area contributed by atoms with Gasteiger partial charge in [0.15, 0.2) is 0 Å². The molecular formula is C12H23Cl2N. The number of hydrogen-bond donors (Lipinski definition) is 1. The Morgan fingerprint density at radius 1 is 1.00 bits per heavy atom. The van der Waals surface area contributed by atoms with Gasteiger partial charge in [-0.25, -0.2) is 0 Å². The molecule has 0 amide bonds. The molecule has 90 valence electrons. The van der Waals surface area contributed by atoms with Gasteiger partial charge in [-0.1, -0.05) is 32.1 Å². The van der Waals surface area contributed by atoms with Crippen LogP contribution in [0.1, 0.15) is 57.8 Å². The van der Waals surface area contributed by atoms with Crippen LogP contribution in [0.25, 0.3) is 0 Å². The second-order valence-electron chi connectivity index (χ2n) is 5.10. The first-order valence-corrected chi connectivity index (χ1v) is 6.72. The molecule has 0 radical (unpaired) electrons. The molecule has 2 fully saturated rings. The maximum atomic E-state index is 6.12. The molecule has 0 aromatic rings. The summed E-state index contributed by atoms with van der Waals surface area (Å²) >= 11 is 6.12. The summed E-state index contributed by atoms with van der Waals surface area (Å²) in [5.41, 5.74) is 0.309. The Labute approximate surface area is 105 Å². The van der Waals surface area contributed by atoms with Gasteiger partial charge in [0, 0.05) is 17.5 Å². The van der Waals surface area contributed by atoms with E-state index in [1.54, 1.807) is 0 Å². The van der Waals surface area contributed by atoms with Crippen molar-refractivity contribution in [1.82, 2.24) is 5.32 Å². The van der Waals surface area contributed by atoms with Crippen LogP contribution in [0.4, 0.5) is 0 Å². The minimum Gasteiger partial charge on any atom is -0.307 e. The number of rotatable bonds is 3. The lowest BCUT2D eigenvalue weighted by Gasteiger charge is -2.35. The zero-order chi connectivity index (χ0) is 9.86. The minimum absolute atomic E-state index is 0. The van der Waals surface area contributed by atoms with Crippen LogP contribution in [-0.4, -0.2) is 17.5 Å². The standard InChI is InChI=1S/C12H22ClN.ClH/c13-10-12(8-4-5-9-12)14-11-6-2-1-3-7-11;/h11,14H,1-10H2;1H. The van der Waals surface area contributed by atoms with Crippen molar-refractivity contribution in [2.24, 2.45) is 0 Å². The minimum atomic E-state index is 0. The Morgan fingerprint density at radius 2 is 1.60 bits per heavy atom. The van der Waals surface area contributed by atoms with Gasteiger partial charge in [0.25, 0.3) is 0 Å². The van der Waals surface area contributed by atoms with Gasteiger partial charge in [-0.05, 0) is 25.7 Å². The summed E-state index contributed by atoms with van der Waals surface area (Å²) in [6.45, 7) is 0. The normalized spacial score (nSPS) is 26.2. The third kappa shape index (κ3) is 3.51. The number of halogens is 2. The summed E-state index contributed by atoms with van der Waals surface area (Å²) in [5.74, 6) is 0.809. The molecule has 2 aliphatic rings. The van der Waals surface area contributed by atoms with E-state index in [1.807, 2.05) is 0 Å². The van der Waals surface area contributed by atoms with Gasteiger partial charge < -0.3 is 5.32 Å². The predicted octanol–water partition coefficient (Wildman–Crippen LogP) is 3.88. The molecule has 2 saturated carbocycles. The second-order valence-corrected chi connectivity index (χ2v) is 5.37. The van der Waals surface area contributed by atoms with E-state index < -0.39 is 0 Å². The lowest BCUT2D eigenvalue weighted by atomic mass is 9.91. The van der Waals surface area contributed by atoms with Gasteiger partial charge in [-0.15, -0.1) is 24.0 Å². The molecule has 1 N–H and O–H groups in total. The Bertz CT molecular complexity index is 172. The Kier molecular flexibility index (Phi) is 5.73. The molecule has 0 unspecified atom stereocenters. The summed E-state index contributed by atoms with van der Waals surface area (Å²) in [4.78, 5) is 0. The first-order valence-electron chi connectivity index (χ1n) is 6.18. The fourth-order valence-corrected chi connectivity index (χ4v) is 3.39. The average molecular weight is 252 g/mol. The van der Waals surface area contributed by atoms with Crippen LogP contribution >= 0.6 is 24.0 Å². The highest BCUT2D eigenvalue weighted by Gasteiger charge is 2.34. The summed E-state index contributed by atoms with van der Waals surface area (Å²) in [6.07, 6.45) is 12.3. The van der Waals surface area contributed by atoms with Gasteiger partial charge >= 0.3 is 0 Å². The van der Waals surface area contributed by atoms with Crippen LogP contribution in [0.15, 0.2) is 0 Å². The molecule has 0 bridgehead atoms. The van der Waals surface area contributed by atoms with Gasteiger partial charge in [0.1, 0.15) is 0 Å². The van der Waals surface area contributed by atoms with E-state index in [-0.39, 0.29) is 12.4 Å². The molecular weight excluding hydrogens is 229 g/mol. The van der Waals surface area contributed by atoms with Crippen molar-refractivity contribution in [1.29, 1.82) is 0 Å². The molecule has 2 rings (SSSR count). The molecule has 1 nitrogen and oxygen atoms in total. The summed E-state index contributed by atoms with van der Waals surface area (Å²) in [7, 11) is 0. The smallest absolute Gasteiger partial charge is 0.0406 e. The lowest BCUT2D eigenvalue weighted by Crippen LogP contribution is -2.50. The van der Waals surface area contributed by atoms with Crippen LogP contribution in [0.5, 0.6) is 0 Å². The van der Waals surface area contributed by atoms with Crippen molar-refractivity contribution in [2.45, 2.75) is 69.4 Å². The Hall–Kier alpha value is 0.540. The quantitative estimate of drug-likeness (QED) is 0.751. The topological polar surface area (TPSA) is 12.0 Å². The molecule has 15 heavy (non-hydrogen) atoms. The number of alkyl halides is 1. The van der Waals surface area contributed by atoms with E-state index in [0.29, 0.717) is 5.54 Å². The zero-order valence-corrected chi connectivity index (χ0v) is 11.0. The average Bonchev–Trinajstić information content (AvgIpc) is 2.69. The second kappa shape index (κ2) is 6.32. The molecule has 0 aromatic heterocycles. The van der Waals surface area contributed by atoms with Crippen LogP contribution in [0, 0.1) is 0 Å². The van der Waals surface area contributed by atoms with Gasteiger partial charge in [-0.2, -0.15) is 0 Å². The van der Waals surface area contributed by atoms with Crippen LogP contribution in [-0.2, 0) is 0 Å². The van der Waals surface area contributed by atoms with Crippen molar-refractivity contribution in [3.05, 3.63) is 0 Å². The number of nitrogens with one attached hydrogen (secondary N) is 1. The molecule has 0 heterocycles. The van der Waals surface area contributed by atoms with E-state index in [4.69, 9.17) is 11.6 Å². The van der Waals surface area contributed by atoms with Crippen molar-refractivity contribution < 1.29 is 0 Å². The van der Waals surface area contributed by atoms with Crippen molar-refractivity contribution in [2.75, 3.05) is 5.88 Å². The molecule has 3 heteroatoms. The monoisotopic (exact) mass is 251 g/mol. The highest BCUT2D eigenvalue weighted by atomic mass is 35.5. The first-order chi connectivity index (χ1) is 6.85. The van der Waals surface area contributed by atoms with E-state index >= 15 is 0 Å². The highest BCUT2D eigenvalue weighted by molar-refractivity contribution is 6.18. The molecule has 0 atom stereocenters. The van der Waals surface area contributed by atoms with Crippen molar-refractivity contribution in [3.8, 4) is 0 Å². The van der Waals surface area contributed by atoms with Gasteiger partial charge in [-0.3, -0.25) is 0 Å². The predicted molar refractivity (Wildman–Crippen MR) is 69.2 cm³/mol. The zero-order valence-electron chi connectivity index (χ0n) is 9.43. The third-order valence-corrected chi connectivity index (χ3v) is 4.44. The van der Waals surface area contributed by atoms with E-state index in [9.17, 15) is 0 Å². The van der Waals surface area contributed by atoms with Gasteiger partial charge in [0.05, 0.1) is 0 Å². The lowest BCUT2D eigenvalue weighted by molar-refractivity contribution is 0.270. The maximum Gasteiger partial charge on any atom is 0.0406 e. The fraction of sp³-hybridized carbons (Fsp3) is 1.00. The van der Waals surface area contributed by atoms with Gasteiger partial charge in [0.2, 0.25) is 0 Å². The number of hydrogen-bond acceptors (Lipinski definition) is 1. The van der Waals surface area contributed by atoms with Crippen molar-refractivity contribution >= 4 is 24.0 Å². The maximum absolute atomic E-state index is 6.12. The first kappa shape index (κ1) is 13.6. The summed E-state index contributed by atoms with van der Waals surface area (Å²) in [6, 6.07) is 0.764. The highest BCUT2D eigenvalue weighted by Crippen LogP contribution is 2.32. The van der Waals surface area contributed by atoms with E-state index in [0.717, 1.165) is 11.9 Å². The Morgan fingerprint density at radius 3 is 2.13 bits per heavy atom. The molecule has 0 saturated heterocycles. The summed E-state index contributed by atoms with van der Waals surface area (Å²) in [5, 5.41) is 3.85. The molecule has 2 aliphatic carbocycles. The molecule has 0 aromatic carbocycles. The SMILES string of the molecule is Cl.ClCC1(NC2CCCCC2)CCCC1. The molecule has 0 aliphatic heterocycles. The Balaban J connectivity index is 0.00000112. The molecule has 0 spiro atoms. The van der Waals surface area contributed by atoms with Crippen molar-refractivity contribution in [3.63, 3.8) is 0 Å². The van der Waals surface area contributed by atoms with E-state index in [2.05, 4.69) is 5.32 Å². The van der Waals surface area contributed by atoms with Crippen LogP contribution in [0.3, 0.4) is 0 Å². The third-order valence-electron chi connectivity index (χ3n) is 3.93. The summed E-state index contributed by atoms with van der Waals surface area (Å²) < 4.78 is 0.